The van der Waals surface area contributed by atoms with Gasteiger partial charge in [0.2, 0.25) is 15.8 Å². The molecule has 0 saturated carbocycles. The highest BCUT2D eigenvalue weighted by atomic mass is 32.2. The van der Waals surface area contributed by atoms with E-state index in [1.165, 1.54) is 18.1 Å². The van der Waals surface area contributed by atoms with Crippen LogP contribution in [0.5, 0.6) is 5.75 Å². The van der Waals surface area contributed by atoms with Gasteiger partial charge in [-0.3, -0.25) is 14.1 Å². The number of carbonyl (C=O) groups is 1. The van der Waals surface area contributed by atoms with E-state index in [1.807, 2.05) is 0 Å². The van der Waals surface area contributed by atoms with E-state index in [2.05, 4.69) is 4.98 Å². The second-order valence-electron chi connectivity index (χ2n) is 7.11. The average Bonchev–Trinajstić information content (AvgIpc) is 3.27. The second-order valence-corrected chi connectivity index (χ2v) is 9.12. The van der Waals surface area contributed by atoms with Crippen molar-refractivity contribution in [2.75, 3.05) is 17.6 Å². The number of carbonyl (C=O) groups excluding carboxylic acids is 1. The molecule has 4 rings (SSSR count). The van der Waals surface area contributed by atoms with E-state index in [0.29, 0.717) is 5.39 Å². The molecule has 0 bridgehead atoms. The minimum Gasteiger partial charge on any atom is -0.505 e. The van der Waals surface area contributed by atoms with Crippen LogP contribution in [0.4, 0.5) is 18.9 Å². The number of phenolic OH excluding ortho intramolecular Hbond substituents is 1. The number of halogens is 3. The summed E-state index contributed by atoms with van der Waals surface area (Å²) in [6.45, 7) is -0.432. The largest absolute Gasteiger partial charge is 0.505 e. The topological polar surface area (TPSA) is 104 Å². The monoisotopic (exact) mass is 455 g/mol. The first-order valence-corrected chi connectivity index (χ1v) is 10.8. The van der Waals surface area contributed by atoms with Gasteiger partial charge in [-0.25, -0.2) is 8.42 Å². The van der Waals surface area contributed by atoms with Crippen molar-refractivity contribution in [2.45, 2.75) is 19.3 Å². The van der Waals surface area contributed by atoms with Gasteiger partial charge in [-0.2, -0.15) is 13.2 Å². The number of aromatic hydroxyl groups is 1. The summed E-state index contributed by atoms with van der Waals surface area (Å²) < 4.78 is 68.6. The summed E-state index contributed by atoms with van der Waals surface area (Å²) in [7, 11) is -2.43. The van der Waals surface area contributed by atoms with Crippen molar-refractivity contribution in [2.24, 2.45) is 0 Å². The average molecular weight is 455 g/mol. The van der Waals surface area contributed by atoms with Crippen LogP contribution in [0.25, 0.3) is 10.9 Å². The van der Waals surface area contributed by atoms with Crippen molar-refractivity contribution in [3.05, 3.63) is 53.1 Å². The quantitative estimate of drug-likeness (QED) is 0.649. The SMILES string of the molecule is CN(c1c2c(c(O)c3ncccc13)C(=O)N(Cc1ccc(C(F)(F)F)o1)C2)S(C)(=O)=O. The van der Waals surface area contributed by atoms with E-state index in [-0.39, 0.29) is 41.2 Å². The molecule has 3 aromatic rings. The molecule has 2 aromatic heterocycles. The van der Waals surface area contributed by atoms with Gasteiger partial charge in [0, 0.05) is 30.7 Å². The summed E-state index contributed by atoms with van der Waals surface area (Å²) >= 11 is 0. The third-order valence-corrected chi connectivity index (χ3v) is 6.24. The third-order valence-electron chi connectivity index (χ3n) is 5.06. The Morgan fingerprint density at radius 1 is 1.29 bits per heavy atom. The zero-order valence-corrected chi connectivity index (χ0v) is 17.1. The van der Waals surface area contributed by atoms with Crippen molar-refractivity contribution in [1.29, 1.82) is 0 Å². The van der Waals surface area contributed by atoms with E-state index in [9.17, 15) is 31.5 Å². The lowest BCUT2D eigenvalue weighted by atomic mass is 10.0. The summed E-state index contributed by atoms with van der Waals surface area (Å²) in [5.74, 6) is -2.39. The van der Waals surface area contributed by atoms with Crippen LogP contribution in [-0.4, -0.2) is 42.6 Å². The molecule has 0 saturated heterocycles. The molecule has 12 heteroatoms. The number of rotatable bonds is 4. The fourth-order valence-electron chi connectivity index (χ4n) is 3.59. The second kappa shape index (κ2) is 6.87. The number of phenols is 1. The molecule has 1 N–H and O–H groups in total. The summed E-state index contributed by atoms with van der Waals surface area (Å²) in [5.41, 5.74) is 0.307. The van der Waals surface area contributed by atoms with Gasteiger partial charge in [0.15, 0.2) is 5.75 Å². The number of benzene rings is 1. The van der Waals surface area contributed by atoms with Crippen molar-refractivity contribution in [1.82, 2.24) is 9.88 Å². The maximum Gasteiger partial charge on any atom is 0.449 e. The molecular formula is C19H16F3N3O5S. The highest BCUT2D eigenvalue weighted by Gasteiger charge is 2.38. The van der Waals surface area contributed by atoms with Crippen LogP contribution in [0, 0.1) is 0 Å². The zero-order chi connectivity index (χ0) is 22.7. The van der Waals surface area contributed by atoms with Crippen LogP contribution >= 0.6 is 0 Å². The number of anilines is 1. The Balaban J connectivity index is 1.82. The highest BCUT2D eigenvalue weighted by molar-refractivity contribution is 7.92. The number of alkyl halides is 3. The molecule has 1 amide bonds. The number of aromatic nitrogens is 1. The van der Waals surface area contributed by atoms with Crippen LogP contribution in [0.15, 0.2) is 34.9 Å². The number of amides is 1. The Morgan fingerprint density at radius 3 is 2.61 bits per heavy atom. The van der Waals surface area contributed by atoms with Crippen molar-refractivity contribution in [3.63, 3.8) is 0 Å². The molecule has 0 unspecified atom stereocenters. The summed E-state index contributed by atoms with van der Waals surface area (Å²) in [4.78, 5) is 18.2. The predicted octanol–water partition coefficient (Wildman–Crippen LogP) is 3.10. The first-order chi connectivity index (χ1) is 14.4. The standard InChI is InChI=1S/C19H16F3N3O5S/c1-24(31(2,28)29)16-11-4-3-7-23-15(11)17(26)14-12(16)9-25(18(14)27)8-10-5-6-13(30-10)19(20,21)22/h3-7,26H,8-9H2,1-2H3. The Hall–Kier alpha value is -3.28. The van der Waals surface area contributed by atoms with Crippen LogP contribution < -0.4 is 4.31 Å². The van der Waals surface area contributed by atoms with Crippen molar-refractivity contribution >= 4 is 32.5 Å². The molecule has 8 nitrogen and oxygen atoms in total. The van der Waals surface area contributed by atoms with Crippen LogP contribution in [-0.2, 0) is 29.3 Å². The molecule has 0 fully saturated rings. The lowest BCUT2D eigenvalue weighted by Gasteiger charge is -2.22. The molecule has 0 spiro atoms. The van der Waals surface area contributed by atoms with E-state index in [0.717, 1.165) is 22.7 Å². The van der Waals surface area contributed by atoms with Crippen molar-refractivity contribution < 1.29 is 35.9 Å². The molecule has 1 aliphatic rings. The number of furan rings is 1. The van der Waals surface area contributed by atoms with Crippen LogP contribution in [0.2, 0.25) is 0 Å². The minimum atomic E-state index is -4.66. The number of nitrogens with zero attached hydrogens (tertiary/aromatic N) is 3. The van der Waals surface area contributed by atoms with E-state index < -0.39 is 33.6 Å². The Morgan fingerprint density at radius 2 is 2.00 bits per heavy atom. The van der Waals surface area contributed by atoms with Gasteiger partial charge in [0.1, 0.15) is 11.3 Å². The fraction of sp³-hybridized carbons (Fsp3) is 0.263. The maximum absolute atomic E-state index is 13.0. The van der Waals surface area contributed by atoms with Crippen molar-refractivity contribution in [3.8, 4) is 5.75 Å². The van der Waals surface area contributed by atoms with E-state index in [4.69, 9.17) is 4.42 Å². The molecule has 0 radical (unpaired) electrons. The summed E-state index contributed by atoms with van der Waals surface area (Å²) in [6.07, 6.45) is -2.29. The van der Waals surface area contributed by atoms with Crippen LogP contribution in [0.3, 0.4) is 0 Å². The molecular weight excluding hydrogens is 439 g/mol. The molecule has 1 aliphatic heterocycles. The van der Waals surface area contributed by atoms with Gasteiger partial charge < -0.3 is 14.4 Å². The first-order valence-electron chi connectivity index (χ1n) is 8.91. The number of fused-ring (bicyclic) bond motifs is 2. The maximum atomic E-state index is 13.0. The lowest BCUT2D eigenvalue weighted by molar-refractivity contribution is -0.153. The normalized spacial score (nSPS) is 14.4. The number of sulfonamides is 1. The first kappa shape index (κ1) is 21.0. The van der Waals surface area contributed by atoms with Gasteiger partial charge in [-0.05, 0) is 24.3 Å². The summed E-state index contributed by atoms with van der Waals surface area (Å²) in [6, 6.07) is 5.00. The predicted molar refractivity (Wildman–Crippen MR) is 104 cm³/mol. The zero-order valence-electron chi connectivity index (χ0n) is 16.3. The molecule has 31 heavy (non-hydrogen) atoms. The van der Waals surface area contributed by atoms with Gasteiger partial charge in [-0.1, -0.05) is 0 Å². The number of pyridine rings is 1. The van der Waals surface area contributed by atoms with Gasteiger partial charge >= 0.3 is 6.18 Å². The van der Waals surface area contributed by atoms with Gasteiger partial charge in [0.05, 0.1) is 24.1 Å². The minimum absolute atomic E-state index is 0.0410. The molecule has 164 valence electrons. The molecule has 3 heterocycles. The summed E-state index contributed by atoms with van der Waals surface area (Å²) in [5, 5.41) is 11.0. The Bertz CT molecular complexity index is 1320. The number of hydrogen-bond acceptors (Lipinski definition) is 6. The smallest absolute Gasteiger partial charge is 0.449 e. The lowest BCUT2D eigenvalue weighted by Crippen LogP contribution is -2.26. The Kier molecular flexibility index (Phi) is 4.65. The molecule has 1 aromatic carbocycles. The number of hydrogen-bond donors (Lipinski definition) is 1. The highest BCUT2D eigenvalue weighted by Crippen LogP contribution is 2.44. The third kappa shape index (κ3) is 3.46. The van der Waals surface area contributed by atoms with Gasteiger partial charge in [0.25, 0.3) is 5.91 Å². The Labute approximate surface area is 174 Å². The molecule has 0 aliphatic carbocycles. The molecule has 0 atom stereocenters. The van der Waals surface area contributed by atoms with Gasteiger partial charge in [-0.15, -0.1) is 0 Å². The fourth-order valence-corrected chi connectivity index (χ4v) is 4.13. The van der Waals surface area contributed by atoms with E-state index >= 15 is 0 Å². The van der Waals surface area contributed by atoms with E-state index in [1.54, 1.807) is 12.1 Å². The van der Waals surface area contributed by atoms with Crippen LogP contribution in [0.1, 0.15) is 27.4 Å².